The van der Waals surface area contributed by atoms with Gasteiger partial charge in [0.2, 0.25) is 35.4 Å². The number of aliphatic hydroxyl groups excluding tert-OH is 6. The number of carbonyl (C=O) groups excluding carboxylic acids is 7. The number of carbonyl (C=O) groups is 7. The summed E-state index contributed by atoms with van der Waals surface area (Å²) >= 11 is 0.0119. The molecule has 3 heterocycles. The van der Waals surface area contributed by atoms with Crippen molar-refractivity contribution in [3.05, 3.63) is 36.4 Å². The van der Waals surface area contributed by atoms with Gasteiger partial charge < -0.3 is 92.0 Å². The van der Waals surface area contributed by atoms with Gasteiger partial charge >= 0.3 is 35.7 Å². The molecule has 29 heteroatoms. The van der Waals surface area contributed by atoms with E-state index in [1.807, 2.05) is 0 Å². The van der Waals surface area contributed by atoms with E-state index in [1.54, 1.807) is 0 Å². The average Bonchev–Trinajstić information content (AvgIpc) is 3.82. The van der Waals surface area contributed by atoms with Crippen LogP contribution in [0.25, 0.3) is 0 Å². The fraction of sp³-hybridized carbons (Fsp3) is 0.615. The number of ether oxygens (including phenoxy) is 1. The number of amides is 7. The Balaban J connectivity index is 0.0000122. The molecule has 14 N–H and O–H groups in total. The molecule has 374 valence electrons. The number of benzene rings is 1. The molecule has 0 aromatic heterocycles. The van der Waals surface area contributed by atoms with Crippen molar-refractivity contribution in [3.63, 3.8) is 0 Å². The molecule has 3 saturated heterocycles. The minimum Gasteiger partial charge on any atom is -0.691 e. The average molecular weight is 997 g/mol. The molecule has 3 aliphatic heterocycles. The molecule has 0 aliphatic carbocycles. The second kappa shape index (κ2) is 27.1. The molecule has 27 nitrogen and oxygen atoms in total. The predicted molar refractivity (Wildman–Crippen MR) is 224 cm³/mol. The number of nitrogens with zero attached hydrogens (tertiary/aromatic N) is 2. The number of hydrogen-bond acceptors (Lipinski definition) is 21. The number of aliphatic hydroxyl groups is 6. The molecule has 0 spiro atoms. The van der Waals surface area contributed by atoms with Crippen LogP contribution < -0.4 is 71.3 Å². The number of aromatic hydroxyl groups is 1. The number of fused-ring (bicyclic) bond motifs is 2. The first-order chi connectivity index (χ1) is 31.7. The van der Waals surface area contributed by atoms with Crippen LogP contribution in [0.15, 0.2) is 30.9 Å². The summed E-state index contributed by atoms with van der Waals surface area (Å²) in [5, 5.41) is 102. The van der Waals surface area contributed by atoms with Gasteiger partial charge in [0.1, 0.15) is 36.8 Å². The number of phenolic OH excluding ortho intramolecular Hbond substituents is 1. The van der Waals surface area contributed by atoms with Crippen LogP contribution in [0.5, 0.6) is 11.5 Å². The van der Waals surface area contributed by atoms with Crippen molar-refractivity contribution in [2.24, 2.45) is 11.7 Å². The molecule has 4 rings (SSSR count). The normalized spacial score (nSPS) is 29.0. The molecule has 1 aromatic carbocycles. The van der Waals surface area contributed by atoms with Gasteiger partial charge in [-0.05, 0) is 37.5 Å². The zero-order valence-corrected chi connectivity index (χ0v) is 40.1. The Morgan fingerprint density at radius 1 is 0.941 bits per heavy atom. The van der Waals surface area contributed by atoms with Crippen LogP contribution in [0.4, 0.5) is 4.79 Å². The minimum absolute atomic E-state index is 0. The van der Waals surface area contributed by atoms with E-state index in [2.05, 4.69) is 42.5 Å². The molecule has 0 unspecified atom stereocenters. The first kappa shape index (κ1) is 57.9. The van der Waals surface area contributed by atoms with Crippen LogP contribution in [-0.4, -0.2) is 193 Å². The maximum atomic E-state index is 14.6. The van der Waals surface area contributed by atoms with E-state index in [0.29, 0.717) is 0 Å². The molecule has 0 saturated carbocycles. The van der Waals surface area contributed by atoms with Gasteiger partial charge in [-0.15, -0.1) is 4.33 Å². The molecular weight excluding hydrogens is 940 g/mol. The van der Waals surface area contributed by atoms with Crippen LogP contribution in [0.3, 0.4) is 0 Å². The summed E-state index contributed by atoms with van der Waals surface area (Å²) in [6.45, 7) is 4.11. The van der Waals surface area contributed by atoms with Crippen molar-refractivity contribution in [3.8, 4) is 11.5 Å². The third-order valence-corrected chi connectivity index (χ3v) is 11.5. The van der Waals surface area contributed by atoms with E-state index < -0.39 is 165 Å². The van der Waals surface area contributed by atoms with Crippen LogP contribution in [0.2, 0.25) is 0 Å². The van der Waals surface area contributed by atoms with Gasteiger partial charge in [-0.1, -0.05) is 25.6 Å². The zero-order chi connectivity index (χ0) is 49.7. The van der Waals surface area contributed by atoms with E-state index in [1.165, 1.54) is 19.1 Å². The number of β-amino-alcohol motifs (C(OH)–C–C–N with tert-alkyl or cyclic N) is 1. The monoisotopic (exact) mass is 996 g/mol. The predicted octanol–water partition coefficient (Wildman–Crippen LogP) is -9.66. The van der Waals surface area contributed by atoms with Crippen LogP contribution in [-0.2, 0) is 49.3 Å². The number of nitrogens with two attached hydrogens (primary N) is 1. The van der Waals surface area contributed by atoms with Gasteiger partial charge in [0, 0.05) is 44.9 Å². The van der Waals surface area contributed by atoms with Crippen molar-refractivity contribution in [2.75, 3.05) is 32.8 Å². The number of hydrogen-bond donors (Lipinski definition) is 13. The molecule has 1 aromatic rings. The summed E-state index contributed by atoms with van der Waals surface area (Å²) in [6, 6.07) is -7.34. The Bertz CT molecular complexity index is 1940. The Morgan fingerprint density at radius 2 is 1.60 bits per heavy atom. The fourth-order valence-corrected chi connectivity index (χ4v) is 7.93. The number of phenols is 1. The van der Waals surface area contributed by atoms with Gasteiger partial charge in [0.05, 0.1) is 42.7 Å². The van der Waals surface area contributed by atoms with Crippen LogP contribution in [0, 0.1) is 5.92 Å². The third-order valence-electron chi connectivity index (χ3n) is 11.2. The summed E-state index contributed by atoms with van der Waals surface area (Å²) in [5.41, 5.74) is 6.14. The largest absolute Gasteiger partial charge is 1.00 e. The van der Waals surface area contributed by atoms with Crippen molar-refractivity contribution >= 4 is 53.9 Å². The Hall–Kier alpha value is -4.40. The topological polar surface area (TPSA) is 414 Å². The maximum absolute atomic E-state index is 14.6. The van der Waals surface area contributed by atoms with E-state index >= 15 is 0 Å². The third kappa shape index (κ3) is 15.6. The molecule has 68 heavy (non-hydrogen) atoms. The first-order valence-corrected chi connectivity index (χ1v) is 21.6. The van der Waals surface area contributed by atoms with Crippen molar-refractivity contribution in [1.82, 2.24) is 36.4 Å². The standard InChI is InChI=1S/C39H58N8O19S.Na/c1-4-9-63-39(61)41-8-7-25(52)30-38(60)47-15-17(2)32(54)31(47)36(58)42-14-20(49)12-22(40)33(55)43-28(18(3)48)37(59)46-16-21(50)13-23(46)34(56)44-29(35(57)45-30)26(53)10-19-5-6-24(51)27(11-19)64-67-66-65-62;/h4-6,11,17-18,20-23,25-26,28-32,48-54,62H,1,7-10,12-16,40H2,2-3H3,(H,41,61)(H,42,58)(H,43,55)(H,44,56)(H,45,57);/q;+1/p-1/t17-,18+,20+,21+,22+,23+,25-,26-,28+,29+,30+,31+,32+;/m1./s1. The SMILES string of the molecule is C=CCOC(=O)NCC[C@@H](O)[C@@H]1NC(=O)[C@H]([C@H](O)Cc2ccc(O)c(OSOO[O-])c2)NC(=O)[C@@H]2C[C@H](O)CN2C(=O)[C@H]([C@H](C)O)NC(=O)[C@@H](N)C[C@H](O)CNC(=O)[C@@H]2[C@@H](O)[C@H](C)CN2C1=O.[Na+]. The molecule has 3 aliphatic rings. The summed E-state index contributed by atoms with van der Waals surface area (Å²) in [6.07, 6.45) is -11.6. The zero-order valence-electron chi connectivity index (χ0n) is 37.3. The number of nitrogens with one attached hydrogen (secondary N) is 5. The molecule has 3 fully saturated rings. The van der Waals surface area contributed by atoms with Gasteiger partial charge in [0.25, 0.3) is 12.3 Å². The smallest absolute Gasteiger partial charge is 0.691 e. The molecule has 0 bridgehead atoms. The van der Waals surface area contributed by atoms with Gasteiger partial charge in [0.15, 0.2) is 11.5 Å². The van der Waals surface area contributed by atoms with Gasteiger partial charge in [-0.3, -0.25) is 33.8 Å². The second-order valence-corrected chi connectivity index (χ2v) is 16.7. The maximum Gasteiger partial charge on any atom is 1.00 e. The van der Waals surface area contributed by atoms with E-state index in [4.69, 9.17) is 14.7 Å². The molecule has 13 atom stereocenters. The number of alkyl carbamates (subject to hydrolysis) is 1. The summed E-state index contributed by atoms with van der Waals surface area (Å²) in [7, 11) is 0. The summed E-state index contributed by atoms with van der Waals surface area (Å²) in [5.74, 6) is -8.43. The second-order valence-electron chi connectivity index (χ2n) is 16.3. The van der Waals surface area contributed by atoms with Crippen LogP contribution in [0.1, 0.15) is 38.7 Å². The fourth-order valence-electron chi connectivity index (χ4n) is 7.67. The quantitative estimate of drug-likeness (QED) is 0.0206. The molecule has 7 amide bonds. The van der Waals surface area contributed by atoms with Gasteiger partial charge in [-0.2, -0.15) is 0 Å². The summed E-state index contributed by atoms with van der Waals surface area (Å²) < 4.78 is 14.0. The van der Waals surface area contributed by atoms with E-state index in [9.17, 15) is 74.6 Å². The first-order valence-electron chi connectivity index (χ1n) is 21.0. The van der Waals surface area contributed by atoms with Crippen LogP contribution >= 0.6 is 12.3 Å². The molecular formula is C39H57N8NaO19S. The van der Waals surface area contributed by atoms with Crippen molar-refractivity contribution in [1.29, 1.82) is 0 Å². The number of rotatable bonds is 14. The van der Waals surface area contributed by atoms with E-state index in [-0.39, 0.29) is 72.9 Å². The van der Waals surface area contributed by atoms with E-state index in [0.717, 1.165) is 28.9 Å². The minimum atomic E-state index is -2.12. The van der Waals surface area contributed by atoms with Gasteiger partial charge in [-0.25, -0.2) is 4.79 Å². The molecule has 0 radical (unpaired) electrons. The Morgan fingerprint density at radius 3 is 2.26 bits per heavy atom. The van der Waals surface area contributed by atoms with Crippen molar-refractivity contribution < 1.29 is 122 Å². The Kier molecular flexibility index (Phi) is 23.1. The Labute approximate surface area is 415 Å². The summed E-state index contributed by atoms with van der Waals surface area (Å²) in [4.78, 5) is 98.1. The van der Waals surface area contributed by atoms with Crippen molar-refractivity contribution in [2.45, 2.75) is 112 Å².